The third-order valence-corrected chi connectivity index (χ3v) is 5.59. The standard InChI is InChI=1S/C23H24N2O2.BrH/c1-15-17-11-13-25(12-7-3-4-10-21(26)27)14-19(17)16(2)23-22(15)18-8-5-6-9-20(18)24-23;/h5-6,8-9,11,13-14H,3-4,7,10,12H2,1-2H3,(H,26,27);1H. The number of carbonyl (C=O) groups is 1. The van der Waals surface area contributed by atoms with Crippen LogP contribution >= 0.6 is 0 Å². The van der Waals surface area contributed by atoms with Gasteiger partial charge >= 0.3 is 5.97 Å². The number of aryl methyl sites for hydroxylation is 3. The van der Waals surface area contributed by atoms with Gasteiger partial charge in [0.25, 0.3) is 0 Å². The van der Waals surface area contributed by atoms with E-state index < -0.39 is 5.97 Å². The van der Waals surface area contributed by atoms with Crippen molar-refractivity contribution in [1.82, 2.24) is 4.98 Å². The Morgan fingerprint density at radius 2 is 1.79 bits per heavy atom. The summed E-state index contributed by atoms with van der Waals surface area (Å²) in [7, 11) is 0. The topological polar surface area (TPSA) is 57.0 Å². The number of nitrogens with zero attached hydrogens (tertiary/aromatic N) is 1. The van der Waals surface area contributed by atoms with Gasteiger partial charge in [-0.3, -0.25) is 4.79 Å². The zero-order valence-corrected chi connectivity index (χ0v) is 17.8. The molecule has 4 aromatic rings. The minimum atomic E-state index is -0.707. The maximum Gasteiger partial charge on any atom is 0.303 e. The Bertz CT molecular complexity index is 1160. The second kappa shape index (κ2) is 8.31. The maximum absolute atomic E-state index is 10.6. The Morgan fingerprint density at radius 1 is 1.00 bits per heavy atom. The molecule has 0 fully saturated rings. The molecular weight excluding hydrogens is 416 g/mol. The van der Waals surface area contributed by atoms with Gasteiger partial charge in [-0.25, -0.2) is 4.57 Å². The van der Waals surface area contributed by atoms with E-state index in [1.807, 2.05) is 0 Å². The summed E-state index contributed by atoms with van der Waals surface area (Å²) >= 11 is 0. The van der Waals surface area contributed by atoms with E-state index in [1.54, 1.807) is 0 Å². The number of halogens is 1. The summed E-state index contributed by atoms with van der Waals surface area (Å²) in [6, 6.07) is 10.7. The minimum absolute atomic E-state index is 0. The lowest BCUT2D eigenvalue weighted by Gasteiger charge is -2.08. The van der Waals surface area contributed by atoms with Gasteiger partial charge in [-0.05, 0) is 49.3 Å². The van der Waals surface area contributed by atoms with Crippen molar-refractivity contribution in [2.24, 2.45) is 0 Å². The fraction of sp³-hybridized carbons (Fsp3) is 0.304. The number of hydrogen-bond donors (Lipinski definition) is 2. The number of carboxylic acids is 1. The van der Waals surface area contributed by atoms with Crippen LogP contribution in [0.2, 0.25) is 0 Å². The second-order valence-electron chi connectivity index (χ2n) is 7.38. The van der Waals surface area contributed by atoms with Gasteiger partial charge in [0, 0.05) is 35.2 Å². The van der Waals surface area contributed by atoms with Gasteiger partial charge in [0.2, 0.25) is 0 Å². The zero-order chi connectivity index (χ0) is 19.0. The van der Waals surface area contributed by atoms with Crippen LogP contribution in [0.5, 0.6) is 0 Å². The van der Waals surface area contributed by atoms with Gasteiger partial charge in [-0.1, -0.05) is 18.2 Å². The number of rotatable bonds is 6. The predicted molar refractivity (Wildman–Crippen MR) is 109 cm³/mol. The van der Waals surface area contributed by atoms with Crippen molar-refractivity contribution in [3.05, 3.63) is 53.9 Å². The molecule has 0 amide bonds. The summed E-state index contributed by atoms with van der Waals surface area (Å²) < 4.78 is 2.23. The van der Waals surface area contributed by atoms with Crippen LogP contribution in [0.3, 0.4) is 0 Å². The van der Waals surface area contributed by atoms with Crippen molar-refractivity contribution in [3.8, 4) is 0 Å². The Balaban J connectivity index is 0.00000225. The van der Waals surface area contributed by atoms with E-state index in [4.69, 9.17) is 5.11 Å². The number of aromatic amines is 1. The number of H-pyrrole nitrogens is 1. The number of aromatic nitrogens is 2. The monoisotopic (exact) mass is 440 g/mol. The van der Waals surface area contributed by atoms with Gasteiger partial charge in [0.05, 0.1) is 10.9 Å². The predicted octanol–water partition coefficient (Wildman–Crippen LogP) is 2.03. The Morgan fingerprint density at radius 3 is 2.57 bits per heavy atom. The summed E-state index contributed by atoms with van der Waals surface area (Å²) in [5.41, 5.74) is 5.00. The summed E-state index contributed by atoms with van der Waals surface area (Å²) in [4.78, 5) is 14.2. The van der Waals surface area contributed by atoms with Crippen LogP contribution in [0.1, 0.15) is 36.8 Å². The van der Waals surface area contributed by atoms with Crippen molar-refractivity contribution in [2.45, 2.75) is 46.1 Å². The van der Waals surface area contributed by atoms with Crippen LogP contribution in [0.25, 0.3) is 32.6 Å². The molecule has 2 aromatic carbocycles. The van der Waals surface area contributed by atoms with Crippen molar-refractivity contribution in [3.63, 3.8) is 0 Å². The molecule has 0 bridgehead atoms. The van der Waals surface area contributed by atoms with Crippen molar-refractivity contribution < 1.29 is 31.4 Å². The average molecular weight is 441 g/mol. The van der Waals surface area contributed by atoms with Crippen molar-refractivity contribution >= 4 is 38.5 Å². The lowest BCUT2D eigenvalue weighted by atomic mass is 9.97. The second-order valence-corrected chi connectivity index (χ2v) is 7.38. The van der Waals surface area contributed by atoms with Crippen LogP contribution in [-0.4, -0.2) is 16.1 Å². The molecule has 0 unspecified atom stereocenters. The molecule has 4 nitrogen and oxygen atoms in total. The Labute approximate surface area is 175 Å². The normalized spacial score (nSPS) is 11.2. The molecule has 28 heavy (non-hydrogen) atoms. The van der Waals surface area contributed by atoms with E-state index in [-0.39, 0.29) is 23.4 Å². The maximum atomic E-state index is 10.6. The number of carboxylic acid groups (broad SMARTS) is 1. The van der Waals surface area contributed by atoms with Gasteiger partial charge in [0.15, 0.2) is 12.4 Å². The SMILES string of the molecule is Cc1c2c[n+](CCCCCC(=O)O)ccc2c(C)c2c1[nH]c1ccccc12.[Br-]. The molecule has 0 saturated heterocycles. The first kappa shape index (κ1) is 20.3. The summed E-state index contributed by atoms with van der Waals surface area (Å²) in [6.45, 7) is 5.32. The molecule has 2 N–H and O–H groups in total. The molecule has 0 saturated carbocycles. The number of pyridine rings is 1. The molecule has 0 radical (unpaired) electrons. The van der Waals surface area contributed by atoms with E-state index in [1.165, 1.54) is 43.7 Å². The highest BCUT2D eigenvalue weighted by Crippen LogP contribution is 2.35. The average Bonchev–Trinajstić information content (AvgIpc) is 3.05. The Hall–Kier alpha value is -2.40. The number of benzene rings is 2. The molecule has 0 aliphatic carbocycles. The van der Waals surface area contributed by atoms with Crippen LogP contribution < -0.4 is 21.5 Å². The third kappa shape index (κ3) is 3.63. The molecule has 5 heteroatoms. The first-order valence-electron chi connectivity index (χ1n) is 9.60. The molecular formula is C23H25BrN2O2. The summed E-state index contributed by atoms with van der Waals surface area (Å²) in [5, 5.41) is 13.9. The number of hydrogen-bond acceptors (Lipinski definition) is 1. The van der Waals surface area contributed by atoms with Gasteiger partial charge in [-0.2, -0.15) is 0 Å². The third-order valence-electron chi connectivity index (χ3n) is 5.59. The molecule has 0 aliphatic rings. The number of para-hydroxylation sites is 1. The number of unbranched alkanes of at least 4 members (excludes halogenated alkanes) is 2. The summed E-state index contributed by atoms with van der Waals surface area (Å²) in [5.74, 6) is -0.707. The van der Waals surface area contributed by atoms with E-state index in [0.29, 0.717) is 0 Å². The summed E-state index contributed by atoms with van der Waals surface area (Å²) in [6.07, 6.45) is 7.33. The van der Waals surface area contributed by atoms with Crippen LogP contribution in [-0.2, 0) is 11.3 Å². The van der Waals surface area contributed by atoms with E-state index in [2.05, 4.69) is 66.1 Å². The fourth-order valence-corrected chi connectivity index (χ4v) is 4.13. The van der Waals surface area contributed by atoms with Crippen molar-refractivity contribution in [2.75, 3.05) is 0 Å². The number of nitrogens with one attached hydrogen (secondary N) is 1. The van der Waals surface area contributed by atoms with Gasteiger partial charge in [-0.15, -0.1) is 0 Å². The quantitative estimate of drug-likeness (QED) is 0.356. The van der Waals surface area contributed by atoms with Gasteiger partial charge < -0.3 is 27.1 Å². The molecule has 2 aromatic heterocycles. The van der Waals surface area contributed by atoms with E-state index in [9.17, 15) is 4.79 Å². The minimum Gasteiger partial charge on any atom is -1.00 e. The molecule has 0 spiro atoms. The lowest BCUT2D eigenvalue weighted by molar-refractivity contribution is -0.696. The first-order valence-corrected chi connectivity index (χ1v) is 9.60. The number of fused-ring (bicyclic) bond motifs is 4. The highest BCUT2D eigenvalue weighted by molar-refractivity contribution is 6.16. The fourth-order valence-electron chi connectivity index (χ4n) is 4.13. The zero-order valence-electron chi connectivity index (χ0n) is 16.3. The molecule has 4 rings (SSSR count). The first-order chi connectivity index (χ1) is 13.1. The van der Waals surface area contributed by atoms with Crippen molar-refractivity contribution in [1.29, 1.82) is 0 Å². The highest BCUT2D eigenvalue weighted by atomic mass is 79.9. The molecule has 146 valence electrons. The molecule has 0 aliphatic heterocycles. The molecule has 0 atom stereocenters. The van der Waals surface area contributed by atoms with Crippen LogP contribution in [0.4, 0.5) is 0 Å². The lowest BCUT2D eigenvalue weighted by Crippen LogP contribution is -3.00. The molecule has 2 heterocycles. The van der Waals surface area contributed by atoms with Crippen LogP contribution in [0.15, 0.2) is 42.7 Å². The van der Waals surface area contributed by atoms with Crippen LogP contribution in [0, 0.1) is 13.8 Å². The Kier molecular flexibility index (Phi) is 6.04. The van der Waals surface area contributed by atoms with Gasteiger partial charge in [0.1, 0.15) is 6.54 Å². The largest absolute Gasteiger partial charge is 1.00 e. The highest BCUT2D eigenvalue weighted by Gasteiger charge is 2.16. The smallest absolute Gasteiger partial charge is 0.303 e. The number of aliphatic carboxylic acids is 1. The van der Waals surface area contributed by atoms with E-state index >= 15 is 0 Å². The van der Waals surface area contributed by atoms with E-state index in [0.717, 1.165) is 25.8 Å².